The lowest BCUT2D eigenvalue weighted by Gasteiger charge is -2.10. The monoisotopic (exact) mass is 329 g/mol. The predicted octanol–water partition coefficient (Wildman–Crippen LogP) is 6.70. The van der Waals surface area contributed by atoms with Gasteiger partial charge in [-0.15, -0.1) is 0 Å². The summed E-state index contributed by atoms with van der Waals surface area (Å²) in [5.41, 5.74) is 7.54. The Kier molecular flexibility index (Phi) is 2.67. The van der Waals surface area contributed by atoms with Crippen molar-refractivity contribution in [3.63, 3.8) is 0 Å². The van der Waals surface area contributed by atoms with Crippen molar-refractivity contribution in [2.75, 3.05) is 0 Å². The molecule has 4 aromatic carbocycles. The molecule has 1 heteroatoms. The molecule has 1 aliphatic carbocycles. The Balaban J connectivity index is 1.73. The molecule has 0 saturated carbocycles. The lowest BCUT2D eigenvalue weighted by molar-refractivity contribution is 1.36. The second-order valence-electron chi connectivity index (χ2n) is 6.85. The van der Waals surface area contributed by atoms with Crippen molar-refractivity contribution in [3.8, 4) is 33.5 Å². The molecule has 0 fully saturated rings. The standard InChI is InChI=1S/C25H15N/c1-2-8-19-16(6-1)12-13-26-25(19)18-14-17-7-5-11-22-20-9-3-4-10-21(20)23(15-18)24(17)22/h1-15H. The molecule has 1 aliphatic rings. The lowest BCUT2D eigenvalue weighted by Crippen LogP contribution is -1.87. The van der Waals surface area contributed by atoms with E-state index < -0.39 is 0 Å². The van der Waals surface area contributed by atoms with E-state index in [9.17, 15) is 0 Å². The third kappa shape index (κ3) is 1.77. The topological polar surface area (TPSA) is 12.9 Å². The van der Waals surface area contributed by atoms with Crippen LogP contribution < -0.4 is 0 Å². The first kappa shape index (κ1) is 13.8. The average Bonchev–Trinajstić information content (AvgIpc) is 3.03. The van der Waals surface area contributed by atoms with Crippen molar-refractivity contribution in [1.82, 2.24) is 4.98 Å². The van der Waals surface area contributed by atoms with Crippen LogP contribution in [0.3, 0.4) is 0 Å². The molecule has 120 valence electrons. The molecule has 1 aromatic heterocycles. The van der Waals surface area contributed by atoms with Crippen LogP contribution in [0.5, 0.6) is 0 Å². The summed E-state index contributed by atoms with van der Waals surface area (Å²) in [6, 6.07) is 30.4. The molecule has 0 atom stereocenters. The minimum atomic E-state index is 1.05. The minimum absolute atomic E-state index is 1.05. The molecule has 5 aromatic rings. The Hall–Kier alpha value is -3.45. The van der Waals surface area contributed by atoms with Gasteiger partial charge >= 0.3 is 0 Å². The Bertz CT molecular complexity index is 1330. The smallest absolute Gasteiger partial charge is 0.0780 e. The summed E-state index contributed by atoms with van der Waals surface area (Å²) in [5.74, 6) is 0. The first-order valence-corrected chi connectivity index (χ1v) is 8.91. The molecule has 0 aliphatic heterocycles. The zero-order valence-corrected chi connectivity index (χ0v) is 14.1. The number of fused-ring (bicyclic) bond motifs is 4. The van der Waals surface area contributed by atoms with Crippen LogP contribution in [-0.2, 0) is 0 Å². The molecule has 1 heterocycles. The van der Waals surface area contributed by atoms with Crippen molar-refractivity contribution in [2.45, 2.75) is 0 Å². The summed E-state index contributed by atoms with van der Waals surface area (Å²) >= 11 is 0. The summed E-state index contributed by atoms with van der Waals surface area (Å²) < 4.78 is 0. The van der Waals surface area contributed by atoms with Crippen LogP contribution in [0, 0.1) is 0 Å². The van der Waals surface area contributed by atoms with Gasteiger partial charge in [-0.1, -0.05) is 66.7 Å². The zero-order valence-electron chi connectivity index (χ0n) is 14.1. The summed E-state index contributed by atoms with van der Waals surface area (Å²) in [4.78, 5) is 4.73. The van der Waals surface area contributed by atoms with E-state index in [1.165, 1.54) is 49.4 Å². The van der Waals surface area contributed by atoms with Gasteiger partial charge in [0.1, 0.15) is 0 Å². The molecular formula is C25H15N. The Labute approximate surface area is 151 Å². The highest BCUT2D eigenvalue weighted by atomic mass is 14.7. The first-order chi connectivity index (χ1) is 12.9. The van der Waals surface area contributed by atoms with E-state index in [2.05, 4.69) is 84.9 Å². The minimum Gasteiger partial charge on any atom is -0.256 e. The summed E-state index contributed by atoms with van der Waals surface area (Å²) in [5, 5.41) is 5.06. The molecule has 0 bridgehead atoms. The van der Waals surface area contributed by atoms with Crippen LogP contribution in [0.1, 0.15) is 0 Å². The van der Waals surface area contributed by atoms with E-state index in [4.69, 9.17) is 4.98 Å². The van der Waals surface area contributed by atoms with Gasteiger partial charge in [0.15, 0.2) is 0 Å². The van der Waals surface area contributed by atoms with E-state index in [0.717, 1.165) is 5.69 Å². The van der Waals surface area contributed by atoms with E-state index in [0.29, 0.717) is 0 Å². The van der Waals surface area contributed by atoms with Gasteiger partial charge in [0.25, 0.3) is 0 Å². The number of aromatic nitrogens is 1. The molecule has 1 nitrogen and oxygen atoms in total. The van der Waals surface area contributed by atoms with E-state index in [1.807, 2.05) is 6.20 Å². The van der Waals surface area contributed by atoms with Gasteiger partial charge in [-0.2, -0.15) is 0 Å². The predicted molar refractivity (Wildman–Crippen MR) is 109 cm³/mol. The highest BCUT2D eigenvalue weighted by Gasteiger charge is 2.22. The molecule has 0 saturated heterocycles. The van der Waals surface area contributed by atoms with Gasteiger partial charge < -0.3 is 0 Å². The fourth-order valence-electron chi connectivity index (χ4n) is 4.30. The van der Waals surface area contributed by atoms with Gasteiger partial charge in [-0.05, 0) is 56.6 Å². The first-order valence-electron chi connectivity index (χ1n) is 8.91. The van der Waals surface area contributed by atoms with Crippen molar-refractivity contribution < 1.29 is 0 Å². The van der Waals surface area contributed by atoms with Crippen molar-refractivity contribution in [3.05, 3.63) is 91.1 Å². The number of rotatable bonds is 1. The molecule has 0 radical (unpaired) electrons. The third-order valence-electron chi connectivity index (χ3n) is 5.43. The summed E-state index contributed by atoms with van der Waals surface area (Å²) in [6.07, 6.45) is 1.91. The van der Waals surface area contributed by atoms with Crippen molar-refractivity contribution >= 4 is 21.5 Å². The van der Waals surface area contributed by atoms with E-state index >= 15 is 0 Å². The average molecular weight is 329 g/mol. The molecule has 6 rings (SSSR count). The Morgan fingerprint density at radius 1 is 0.538 bits per heavy atom. The number of pyridine rings is 1. The van der Waals surface area contributed by atoms with Crippen LogP contribution in [0.2, 0.25) is 0 Å². The van der Waals surface area contributed by atoms with Gasteiger partial charge in [-0.3, -0.25) is 4.98 Å². The molecule has 0 spiro atoms. The quantitative estimate of drug-likeness (QED) is 0.327. The Morgan fingerprint density at radius 2 is 1.27 bits per heavy atom. The van der Waals surface area contributed by atoms with E-state index in [-0.39, 0.29) is 0 Å². The maximum absolute atomic E-state index is 4.73. The number of nitrogens with zero attached hydrogens (tertiary/aromatic N) is 1. The Morgan fingerprint density at radius 3 is 2.19 bits per heavy atom. The maximum atomic E-state index is 4.73. The SMILES string of the molecule is c1ccc2c(c1)-c1cccc3cc(-c4nccc5ccccc45)cc-2c13. The maximum Gasteiger partial charge on any atom is 0.0780 e. The van der Waals surface area contributed by atoms with Gasteiger partial charge in [0, 0.05) is 17.1 Å². The van der Waals surface area contributed by atoms with Crippen LogP contribution >= 0.6 is 0 Å². The largest absolute Gasteiger partial charge is 0.256 e. The second-order valence-corrected chi connectivity index (χ2v) is 6.85. The van der Waals surface area contributed by atoms with Crippen LogP contribution in [0.15, 0.2) is 91.1 Å². The molecule has 0 amide bonds. The van der Waals surface area contributed by atoms with Gasteiger partial charge in [-0.25, -0.2) is 0 Å². The number of hydrogen-bond donors (Lipinski definition) is 0. The zero-order chi connectivity index (χ0) is 17.1. The fourth-order valence-corrected chi connectivity index (χ4v) is 4.30. The van der Waals surface area contributed by atoms with E-state index in [1.54, 1.807) is 0 Å². The lowest BCUT2D eigenvalue weighted by atomic mass is 9.96. The second kappa shape index (κ2) is 5.03. The van der Waals surface area contributed by atoms with Crippen LogP contribution in [0.25, 0.3) is 55.1 Å². The number of hydrogen-bond acceptors (Lipinski definition) is 1. The highest BCUT2D eigenvalue weighted by molar-refractivity contribution is 6.16. The molecular weight excluding hydrogens is 314 g/mol. The van der Waals surface area contributed by atoms with Crippen LogP contribution in [-0.4, -0.2) is 4.98 Å². The highest BCUT2D eigenvalue weighted by Crippen LogP contribution is 2.48. The summed E-state index contributed by atoms with van der Waals surface area (Å²) in [6.45, 7) is 0. The molecule has 0 N–H and O–H groups in total. The normalized spacial score (nSPS) is 11.8. The van der Waals surface area contributed by atoms with Crippen molar-refractivity contribution in [2.24, 2.45) is 0 Å². The summed E-state index contributed by atoms with van der Waals surface area (Å²) in [7, 11) is 0. The van der Waals surface area contributed by atoms with Gasteiger partial charge in [0.2, 0.25) is 0 Å². The molecule has 0 unspecified atom stereocenters. The number of benzene rings is 4. The fraction of sp³-hybridized carbons (Fsp3) is 0. The molecule has 26 heavy (non-hydrogen) atoms. The van der Waals surface area contributed by atoms with Crippen LogP contribution in [0.4, 0.5) is 0 Å². The van der Waals surface area contributed by atoms with Crippen molar-refractivity contribution in [1.29, 1.82) is 0 Å². The third-order valence-corrected chi connectivity index (χ3v) is 5.43. The van der Waals surface area contributed by atoms with Gasteiger partial charge in [0.05, 0.1) is 5.69 Å².